The van der Waals surface area contributed by atoms with Gasteiger partial charge in [-0.25, -0.2) is 0 Å². The Morgan fingerprint density at radius 1 is 1.04 bits per heavy atom. The Morgan fingerprint density at radius 2 is 1.68 bits per heavy atom. The number of hydrogen-bond donors (Lipinski definition) is 2. The first kappa shape index (κ1) is 17.0. The van der Waals surface area contributed by atoms with E-state index in [1.54, 1.807) is 24.3 Å². The highest BCUT2D eigenvalue weighted by Crippen LogP contribution is 2.31. The molecule has 2 N–H and O–H groups in total. The van der Waals surface area contributed by atoms with E-state index in [9.17, 15) is 9.59 Å². The molecule has 25 heavy (non-hydrogen) atoms. The normalized spacial score (nSPS) is 15.6. The Kier molecular flexibility index (Phi) is 5.03. The van der Waals surface area contributed by atoms with Crippen LogP contribution in [0.3, 0.4) is 0 Å². The molecule has 0 saturated carbocycles. The van der Waals surface area contributed by atoms with Crippen LogP contribution in [-0.4, -0.2) is 24.4 Å². The van der Waals surface area contributed by atoms with E-state index in [4.69, 9.17) is 0 Å². The Bertz CT molecular complexity index is 771. The summed E-state index contributed by atoms with van der Waals surface area (Å²) in [5, 5.41) is 5.61. The van der Waals surface area contributed by atoms with Crippen LogP contribution in [0.25, 0.3) is 0 Å². The minimum absolute atomic E-state index is 0.0103. The van der Waals surface area contributed by atoms with E-state index in [1.807, 2.05) is 6.07 Å². The molecule has 0 saturated heterocycles. The number of benzene rings is 2. The molecule has 1 heterocycles. The van der Waals surface area contributed by atoms with Crippen molar-refractivity contribution >= 4 is 28.9 Å². The van der Waals surface area contributed by atoms with Crippen molar-refractivity contribution in [3.63, 3.8) is 0 Å². The van der Waals surface area contributed by atoms with Crippen LogP contribution >= 0.6 is 0 Å². The van der Waals surface area contributed by atoms with Crippen molar-refractivity contribution in [3.05, 3.63) is 54.1 Å². The summed E-state index contributed by atoms with van der Waals surface area (Å²) in [4.78, 5) is 25.6. The predicted octanol–water partition coefficient (Wildman–Crippen LogP) is 3.42. The number of carbonyl (C=O) groups is 2. The maximum Gasteiger partial charge on any atom is 0.226 e. The second kappa shape index (κ2) is 7.38. The lowest BCUT2D eigenvalue weighted by molar-refractivity contribution is -0.116. The Hall–Kier alpha value is -2.82. The number of fused-ring (bicyclic) bond motifs is 1. The maximum atomic E-state index is 12.2. The highest BCUT2D eigenvalue weighted by atomic mass is 16.2. The van der Waals surface area contributed by atoms with Gasteiger partial charge in [0.1, 0.15) is 0 Å². The Balaban J connectivity index is 1.54. The molecule has 1 atom stereocenters. The first-order valence-corrected chi connectivity index (χ1v) is 8.55. The molecule has 3 rings (SSSR count). The van der Waals surface area contributed by atoms with Gasteiger partial charge in [0.2, 0.25) is 11.8 Å². The van der Waals surface area contributed by atoms with Crippen LogP contribution in [0, 0.1) is 0 Å². The fraction of sp³-hybridized carbons (Fsp3) is 0.300. The molecule has 2 aromatic carbocycles. The van der Waals surface area contributed by atoms with Gasteiger partial charge in [0.15, 0.2) is 0 Å². The van der Waals surface area contributed by atoms with Gasteiger partial charge in [0.25, 0.3) is 0 Å². The fourth-order valence-electron chi connectivity index (χ4n) is 3.26. The first-order valence-electron chi connectivity index (χ1n) is 8.55. The summed E-state index contributed by atoms with van der Waals surface area (Å²) in [6, 6.07) is 15.9. The molecule has 1 unspecified atom stereocenters. The average molecular weight is 337 g/mol. The van der Waals surface area contributed by atoms with Crippen molar-refractivity contribution in [3.8, 4) is 0 Å². The van der Waals surface area contributed by atoms with Crippen molar-refractivity contribution in [2.24, 2.45) is 0 Å². The first-order chi connectivity index (χ1) is 12.0. The molecule has 0 aliphatic carbocycles. The van der Waals surface area contributed by atoms with Gasteiger partial charge in [-0.3, -0.25) is 9.59 Å². The minimum atomic E-state index is -0.114. The third kappa shape index (κ3) is 4.18. The summed E-state index contributed by atoms with van der Waals surface area (Å²) in [6.45, 7) is 4.36. The van der Waals surface area contributed by atoms with E-state index in [2.05, 4.69) is 40.7 Å². The molecular formula is C20H23N3O2. The number of amides is 2. The third-order valence-electron chi connectivity index (χ3n) is 4.42. The number of nitrogens with zero attached hydrogens (tertiary/aromatic N) is 1. The lowest BCUT2D eigenvalue weighted by atomic mass is 10.1. The zero-order valence-electron chi connectivity index (χ0n) is 14.6. The Labute approximate surface area is 148 Å². The molecular weight excluding hydrogens is 314 g/mol. The molecule has 2 aromatic rings. The highest BCUT2D eigenvalue weighted by molar-refractivity contribution is 5.92. The summed E-state index contributed by atoms with van der Waals surface area (Å²) in [6.07, 6.45) is 1.47. The minimum Gasteiger partial charge on any atom is -0.368 e. The molecule has 1 aliphatic heterocycles. The SMILES string of the molecule is CC(=O)Nc1ccc(NC(=O)CCN2c3ccccc3CC2C)cc1. The third-order valence-corrected chi connectivity index (χ3v) is 4.42. The van der Waals surface area contributed by atoms with Crippen LogP contribution in [0.2, 0.25) is 0 Å². The van der Waals surface area contributed by atoms with Gasteiger partial charge in [0.05, 0.1) is 0 Å². The number of rotatable bonds is 5. The Morgan fingerprint density at radius 3 is 2.36 bits per heavy atom. The van der Waals surface area contributed by atoms with Gasteiger partial charge in [-0.05, 0) is 49.2 Å². The van der Waals surface area contributed by atoms with Crippen LogP contribution in [0.1, 0.15) is 25.8 Å². The van der Waals surface area contributed by atoms with Crippen LogP contribution in [0.15, 0.2) is 48.5 Å². The van der Waals surface area contributed by atoms with Gasteiger partial charge in [-0.2, -0.15) is 0 Å². The van der Waals surface area contributed by atoms with E-state index in [0.29, 0.717) is 24.7 Å². The molecule has 5 heteroatoms. The molecule has 5 nitrogen and oxygen atoms in total. The topological polar surface area (TPSA) is 61.4 Å². The quantitative estimate of drug-likeness (QED) is 0.879. The van der Waals surface area contributed by atoms with Crippen LogP contribution in [0.4, 0.5) is 17.1 Å². The lowest BCUT2D eigenvalue weighted by Gasteiger charge is -2.24. The number of para-hydroxylation sites is 1. The van der Waals surface area contributed by atoms with Crippen molar-refractivity contribution in [2.75, 3.05) is 22.1 Å². The predicted molar refractivity (Wildman–Crippen MR) is 101 cm³/mol. The van der Waals surface area contributed by atoms with Gasteiger partial charge >= 0.3 is 0 Å². The zero-order valence-corrected chi connectivity index (χ0v) is 14.6. The molecule has 0 spiro atoms. The standard InChI is InChI=1S/C20H23N3O2/c1-14-13-16-5-3-4-6-19(16)23(14)12-11-20(25)22-18-9-7-17(8-10-18)21-15(2)24/h3-10,14H,11-13H2,1-2H3,(H,21,24)(H,22,25). The van der Waals surface area contributed by atoms with Crippen LogP contribution in [0.5, 0.6) is 0 Å². The van der Waals surface area contributed by atoms with E-state index < -0.39 is 0 Å². The van der Waals surface area contributed by atoms with Gasteiger partial charge in [-0.1, -0.05) is 18.2 Å². The summed E-state index contributed by atoms with van der Waals surface area (Å²) >= 11 is 0. The molecule has 0 aromatic heterocycles. The van der Waals surface area contributed by atoms with E-state index in [1.165, 1.54) is 18.2 Å². The number of anilines is 3. The van der Waals surface area contributed by atoms with Crippen LogP contribution < -0.4 is 15.5 Å². The maximum absolute atomic E-state index is 12.2. The second-order valence-corrected chi connectivity index (χ2v) is 6.43. The molecule has 2 amide bonds. The van der Waals surface area contributed by atoms with Crippen molar-refractivity contribution < 1.29 is 9.59 Å². The van der Waals surface area contributed by atoms with E-state index >= 15 is 0 Å². The van der Waals surface area contributed by atoms with Crippen molar-refractivity contribution in [2.45, 2.75) is 32.7 Å². The fourth-order valence-corrected chi connectivity index (χ4v) is 3.26. The summed E-state index contributed by atoms with van der Waals surface area (Å²) in [7, 11) is 0. The summed E-state index contributed by atoms with van der Waals surface area (Å²) in [5.74, 6) is -0.124. The van der Waals surface area contributed by atoms with Crippen LogP contribution in [-0.2, 0) is 16.0 Å². The monoisotopic (exact) mass is 337 g/mol. The number of carbonyl (C=O) groups excluding carboxylic acids is 2. The second-order valence-electron chi connectivity index (χ2n) is 6.43. The van der Waals surface area contributed by atoms with Crippen molar-refractivity contribution in [1.29, 1.82) is 0 Å². The largest absolute Gasteiger partial charge is 0.368 e. The summed E-state index contributed by atoms with van der Waals surface area (Å²) in [5.41, 5.74) is 4.04. The highest BCUT2D eigenvalue weighted by Gasteiger charge is 2.25. The van der Waals surface area contributed by atoms with E-state index in [-0.39, 0.29) is 11.8 Å². The number of nitrogens with one attached hydrogen (secondary N) is 2. The molecule has 0 fully saturated rings. The number of hydrogen-bond acceptors (Lipinski definition) is 3. The zero-order chi connectivity index (χ0) is 17.8. The van der Waals surface area contributed by atoms with E-state index in [0.717, 1.165) is 12.1 Å². The smallest absolute Gasteiger partial charge is 0.226 e. The molecule has 0 bridgehead atoms. The van der Waals surface area contributed by atoms with Crippen molar-refractivity contribution in [1.82, 2.24) is 0 Å². The van der Waals surface area contributed by atoms with Gasteiger partial charge in [-0.15, -0.1) is 0 Å². The van der Waals surface area contributed by atoms with Gasteiger partial charge in [0, 0.05) is 43.0 Å². The van der Waals surface area contributed by atoms with Gasteiger partial charge < -0.3 is 15.5 Å². The summed E-state index contributed by atoms with van der Waals surface area (Å²) < 4.78 is 0. The molecule has 0 radical (unpaired) electrons. The molecule has 1 aliphatic rings. The molecule has 130 valence electrons. The average Bonchev–Trinajstić information content (AvgIpc) is 2.89. The lowest BCUT2D eigenvalue weighted by Crippen LogP contribution is -2.32.